The van der Waals surface area contributed by atoms with Gasteiger partial charge in [-0.3, -0.25) is 4.79 Å². The topological polar surface area (TPSA) is 78.9 Å². The van der Waals surface area contributed by atoms with Crippen LogP contribution in [0.3, 0.4) is 0 Å². The predicted octanol–water partition coefficient (Wildman–Crippen LogP) is 5.61. The van der Waals surface area contributed by atoms with E-state index in [1.807, 2.05) is 48.5 Å². The number of anilines is 1. The number of benzene rings is 3. The maximum absolute atomic E-state index is 13.0. The Balaban J connectivity index is 1.46. The highest BCUT2D eigenvalue weighted by Crippen LogP contribution is 2.35. The fourth-order valence-electron chi connectivity index (χ4n) is 3.69. The zero-order chi connectivity index (χ0) is 23.5. The van der Waals surface area contributed by atoms with Crippen molar-refractivity contribution in [1.82, 2.24) is 4.98 Å². The molecule has 0 unspecified atom stereocenters. The molecule has 34 heavy (non-hydrogen) atoms. The maximum atomic E-state index is 13.0. The zero-order valence-electron chi connectivity index (χ0n) is 18.7. The van der Waals surface area contributed by atoms with Crippen LogP contribution in [0.15, 0.2) is 60.7 Å². The van der Waals surface area contributed by atoms with E-state index >= 15 is 0 Å². The predicted molar refractivity (Wildman–Crippen MR) is 133 cm³/mol. The monoisotopic (exact) mass is 474 g/mol. The Morgan fingerprint density at radius 2 is 1.85 bits per heavy atom. The number of fused-ring (bicyclic) bond motifs is 2. The summed E-state index contributed by atoms with van der Waals surface area (Å²) in [6.07, 6.45) is 2.10. The molecule has 7 nitrogen and oxygen atoms in total. The standard InChI is InChI=1S/C26H22N2O5S/c1-30-20-9-7-16(12-22(20)31-2)11-17(26-28-19-5-3-4-6-24(19)34-26)13-25(29)27-18-8-10-21-23(14-18)33-15-32-21/h3-12,14H,13,15H2,1-2H3,(H,27,29). The van der Waals surface area contributed by atoms with Crippen LogP contribution in [0.4, 0.5) is 5.69 Å². The second-order valence-electron chi connectivity index (χ2n) is 7.56. The number of aromatic nitrogens is 1. The molecule has 1 aliphatic rings. The van der Waals surface area contributed by atoms with Gasteiger partial charge in [-0.2, -0.15) is 0 Å². The van der Waals surface area contributed by atoms with Crippen molar-refractivity contribution in [2.24, 2.45) is 0 Å². The lowest BCUT2D eigenvalue weighted by molar-refractivity contribution is -0.115. The molecule has 172 valence electrons. The number of thiazole rings is 1. The molecule has 0 aliphatic carbocycles. The van der Waals surface area contributed by atoms with Gasteiger partial charge in [-0.1, -0.05) is 18.2 Å². The Kier molecular flexibility index (Phi) is 6.05. The summed E-state index contributed by atoms with van der Waals surface area (Å²) in [6, 6.07) is 18.9. The van der Waals surface area contributed by atoms with Crippen LogP contribution in [0, 0.1) is 0 Å². The molecule has 4 aromatic rings. The van der Waals surface area contributed by atoms with E-state index in [0.717, 1.165) is 26.4 Å². The summed E-state index contributed by atoms with van der Waals surface area (Å²) in [7, 11) is 3.19. The molecule has 0 saturated heterocycles. The van der Waals surface area contributed by atoms with Gasteiger partial charge in [0.2, 0.25) is 12.7 Å². The number of ether oxygens (including phenoxy) is 4. The van der Waals surface area contributed by atoms with E-state index < -0.39 is 0 Å². The second-order valence-corrected chi connectivity index (χ2v) is 8.59. The van der Waals surface area contributed by atoms with Crippen LogP contribution in [0.2, 0.25) is 0 Å². The third-order valence-corrected chi connectivity index (χ3v) is 6.44. The van der Waals surface area contributed by atoms with Gasteiger partial charge in [-0.15, -0.1) is 11.3 Å². The Bertz CT molecular complexity index is 1360. The normalized spacial score (nSPS) is 12.6. The highest BCUT2D eigenvalue weighted by Gasteiger charge is 2.17. The zero-order valence-corrected chi connectivity index (χ0v) is 19.5. The number of carbonyl (C=O) groups excluding carboxylic acids is 1. The molecule has 1 aliphatic heterocycles. The highest BCUT2D eigenvalue weighted by atomic mass is 32.1. The summed E-state index contributed by atoms with van der Waals surface area (Å²) >= 11 is 1.55. The van der Waals surface area contributed by atoms with Crippen molar-refractivity contribution in [3.05, 3.63) is 71.2 Å². The average Bonchev–Trinajstić information content (AvgIpc) is 3.50. The highest BCUT2D eigenvalue weighted by molar-refractivity contribution is 7.19. The van der Waals surface area contributed by atoms with Gasteiger partial charge < -0.3 is 24.3 Å². The summed E-state index contributed by atoms with van der Waals surface area (Å²) in [4.78, 5) is 17.8. The fraction of sp³-hybridized carbons (Fsp3) is 0.154. The van der Waals surface area contributed by atoms with Crippen molar-refractivity contribution >= 4 is 44.8 Å². The maximum Gasteiger partial charge on any atom is 0.231 e. The molecule has 0 radical (unpaired) electrons. The minimum absolute atomic E-state index is 0.141. The molecule has 0 spiro atoms. The number of carbonyl (C=O) groups is 1. The van der Waals surface area contributed by atoms with E-state index in [0.29, 0.717) is 28.7 Å². The van der Waals surface area contributed by atoms with Crippen LogP contribution in [0.25, 0.3) is 21.9 Å². The first-order valence-corrected chi connectivity index (χ1v) is 11.4. The Labute approximate surface area is 200 Å². The number of hydrogen-bond donors (Lipinski definition) is 1. The van der Waals surface area contributed by atoms with Gasteiger partial charge in [0.1, 0.15) is 5.01 Å². The molecule has 0 fully saturated rings. The van der Waals surface area contributed by atoms with Gasteiger partial charge in [0, 0.05) is 11.8 Å². The van der Waals surface area contributed by atoms with Crippen LogP contribution in [-0.2, 0) is 4.79 Å². The summed E-state index contributed by atoms with van der Waals surface area (Å²) in [5.74, 6) is 2.38. The molecule has 8 heteroatoms. The van der Waals surface area contributed by atoms with Crippen LogP contribution in [0.5, 0.6) is 23.0 Å². The van der Waals surface area contributed by atoms with Gasteiger partial charge in [0.15, 0.2) is 23.0 Å². The van der Waals surface area contributed by atoms with Crippen LogP contribution in [0.1, 0.15) is 17.0 Å². The SMILES string of the molecule is COc1ccc(C=C(CC(=O)Nc2ccc3c(c2)OCO3)c2nc3ccccc3s2)cc1OC. The van der Waals surface area contributed by atoms with Crippen molar-refractivity contribution in [2.75, 3.05) is 26.3 Å². The first-order valence-electron chi connectivity index (χ1n) is 10.6. The molecule has 1 amide bonds. The number of methoxy groups -OCH3 is 2. The molecule has 1 aromatic heterocycles. The summed E-state index contributed by atoms with van der Waals surface area (Å²) < 4.78 is 22.6. The summed E-state index contributed by atoms with van der Waals surface area (Å²) in [5.41, 5.74) is 3.22. The van der Waals surface area contributed by atoms with E-state index in [2.05, 4.69) is 5.32 Å². The molecule has 0 bridgehead atoms. The molecule has 5 rings (SSSR count). The van der Waals surface area contributed by atoms with Crippen molar-refractivity contribution in [1.29, 1.82) is 0 Å². The second kappa shape index (κ2) is 9.44. The van der Waals surface area contributed by atoms with Gasteiger partial charge >= 0.3 is 0 Å². The van der Waals surface area contributed by atoms with Gasteiger partial charge in [-0.25, -0.2) is 4.98 Å². The van der Waals surface area contributed by atoms with Crippen molar-refractivity contribution in [2.45, 2.75) is 6.42 Å². The first kappa shape index (κ1) is 21.8. The minimum atomic E-state index is -0.162. The third kappa shape index (κ3) is 4.53. The van der Waals surface area contributed by atoms with E-state index in [9.17, 15) is 4.79 Å². The molecular formula is C26H22N2O5S. The lowest BCUT2D eigenvalue weighted by atomic mass is 10.1. The van der Waals surface area contributed by atoms with Crippen LogP contribution < -0.4 is 24.3 Å². The molecule has 0 atom stereocenters. The lowest BCUT2D eigenvalue weighted by Gasteiger charge is -2.10. The largest absolute Gasteiger partial charge is 0.493 e. The first-order chi connectivity index (χ1) is 16.6. The molecular weight excluding hydrogens is 452 g/mol. The summed E-state index contributed by atoms with van der Waals surface area (Å²) in [6.45, 7) is 0.183. The number of rotatable bonds is 7. The minimum Gasteiger partial charge on any atom is -0.493 e. The number of amides is 1. The van der Waals surface area contributed by atoms with E-state index in [4.69, 9.17) is 23.9 Å². The van der Waals surface area contributed by atoms with Crippen LogP contribution >= 0.6 is 11.3 Å². The van der Waals surface area contributed by atoms with Crippen molar-refractivity contribution in [3.63, 3.8) is 0 Å². The van der Waals surface area contributed by atoms with E-state index in [1.165, 1.54) is 0 Å². The third-order valence-electron chi connectivity index (χ3n) is 5.32. The summed E-state index contributed by atoms with van der Waals surface area (Å²) in [5, 5.41) is 3.74. The van der Waals surface area contributed by atoms with Crippen molar-refractivity contribution in [3.8, 4) is 23.0 Å². The van der Waals surface area contributed by atoms with Crippen molar-refractivity contribution < 1.29 is 23.7 Å². The number of nitrogens with zero attached hydrogens (tertiary/aromatic N) is 1. The Hall–Kier alpha value is -4.04. The molecule has 3 aromatic carbocycles. The molecule has 0 saturated carbocycles. The smallest absolute Gasteiger partial charge is 0.231 e. The number of hydrogen-bond acceptors (Lipinski definition) is 7. The van der Waals surface area contributed by atoms with Crippen LogP contribution in [-0.4, -0.2) is 31.9 Å². The van der Waals surface area contributed by atoms with Gasteiger partial charge in [-0.05, 0) is 53.6 Å². The average molecular weight is 475 g/mol. The Morgan fingerprint density at radius 3 is 2.68 bits per heavy atom. The lowest BCUT2D eigenvalue weighted by Crippen LogP contribution is -2.12. The van der Waals surface area contributed by atoms with Gasteiger partial charge in [0.05, 0.1) is 30.9 Å². The quantitative estimate of drug-likeness (QED) is 0.375. The number of para-hydroxylation sites is 1. The molecule has 2 heterocycles. The van der Waals surface area contributed by atoms with E-state index in [1.54, 1.807) is 43.8 Å². The van der Waals surface area contributed by atoms with E-state index in [-0.39, 0.29) is 19.1 Å². The Morgan fingerprint density at radius 1 is 1.03 bits per heavy atom. The fourth-order valence-corrected chi connectivity index (χ4v) is 4.67. The molecule has 1 N–H and O–H groups in total. The van der Waals surface area contributed by atoms with Gasteiger partial charge in [0.25, 0.3) is 0 Å². The number of nitrogens with one attached hydrogen (secondary N) is 1.